The number of alkyl halides is 3. The standard InChI is InChI=1S/C10H15F3N2O/c11-10(12,13)6-15-8(16)5-14-9(15)7-3-1-2-4-7/h7,9,14H,1-6H2. The number of rotatable bonds is 2. The zero-order valence-electron chi connectivity index (χ0n) is 8.89. The average molecular weight is 236 g/mol. The summed E-state index contributed by atoms with van der Waals surface area (Å²) in [7, 11) is 0. The molecule has 0 aromatic carbocycles. The van der Waals surface area contributed by atoms with Crippen LogP contribution in [0, 0.1) is 5.92 Å². The van der Waals surface area contributed by atoms with E-state index in [0.717, 1.165) is 30.6 Å². The van der Waals surface area contributed by atoms with E-state index in [4.69, 9.17) is 0 Å². The van der Waals surface area contributed by atoms with Crippen molar-refractivity contribution in [2.45, 2.75) is 38.0 Å². The van der Waals surface area contributed by atoms with Gasteiger partial charge in [-0.2, -0.15) is 13.2 Å². The van der Waals surface area contributed by atoms with Gasteiger partial charge in [-0.15, -0.1) is 0 Å². The van der Waals surface area contributed by atoms with Gasteiger partial charge in [-0.1, -0.05) is 12.8 Å². The van der Waals surface area contributed by atoms with Crippen LogP contribution >= 0.6 is 0 Å². The quantitative estimate of drug-likeness (QED) is 0.788. The fraction of sp³-hybridized carbons (Fsp3) is 0.900. The Balaban J connectivity index is 2.03. The highest BCUT2D eigenvalue weighted by atomic mass is 19.4. The lowest BCUT2D eigenvalue weighted by atomic mass is 10.0. The van der Waals surface area contributed by atoms with E-state index in [0.29, 0.717) is 0 Å². The van der Waals surface area contributed by atoms with Crippen LogP contribution in [0.2, 0.25) is 0 Å². The summed E-state index contributed by atoms with van der Waals surface area (Å²) in [5.41, 5.74) is 0. The SMILES string of the molecule is O=C1CNC(C2CCCC2)N1CC(F)(F)F. The lowest BCUT2D eigenvalue weighted by Gasteiger charge is -2.29. The smallest absolute Gasteiger partial charge is 0.317 e. The molecule has 2 fully saturated rings. The predicted molar refractivity (Wildman–Crippen MR) is 51.5 cm³/mol. The largest absolute Gasteiger partial charge is 0.406 e. The molecule has 0 radical (unpaired) electrons. The normalized spacial score (nSPS) is 28.1. The minimum Gasteiger partial charge on any atom is -0.317 e. The summed E-state index contributed by atoms with van der Waals surface area (Å²) in [4.78, 5) is 12.3. The number of carbonyl (C=O) groups is 1. The zero-order valence-corrected chi connectivity index (χ0v) is 8.89. The first-order valence-electron chi connectivity index (χ1n) is 5.57. The van der Waals surface area contributed by atoms with Crippen molar-refractivity contribution >= 4 is 5.91 Å². The van der Waals surface area contributed by atoms with E-state index in [2.05, 4.69) is 5.32 Å². The van der Waals surface area contributed by atoms with Crippen molar-refractivity contribution in [3.05, 3.63) is 0 Å². The van der Waals surface area contributed by atoms with Crippen molar-refractivity contribution in [1.29, 1.82) is 0 Å². The summed E-state index contributed by atoms with van der Waals surface area (Å²) in [6.07, 6.45) is -0.776. The summed E-state index contributed by atoms with van der Waals surface area (Å²) < 4.78 is 37.0. The lowest BCUT2D eigenvalue weighted by molar-refractivity contribution is -0.162. The van der Waals surface area contributed by atoms with Gasteiger partial charge in [-0.25, -0.2) is 0 Å². The second kappa shape index (κ2) is 4.24. The molecular weight excluding hydrogens is 221 g/mol. The number of hydrogen-bond donors (Lipinski definition) is 1. The number of nitrogens with one attached hydrogen (secondary N) is 1. The molecule has 2 rings (SSSR count). The van der Waals surface area contributed by atoms with Gasteiger partial charge < -0.3 is 4.90 Å². The van der Waals surface area contributed by atoms with Gasteiger partial charge in [0.2, 0.25) is 5.91 Å². The number of hydrogen-bond acceptors (Lipinski definition) is 2. The maximum Gasteiger partial charge on any atom is 0.406 e. The van der Waals surface area contributed by atoms with Crippen molar-refractivity contribution in [2.75, 3.05) is 13.1 Å². The van der Waals surface area contributed by atoms with E-state index in [1.54, 1.807) is 0 Å². The number of halogens is 3. The molecule has 1 saturated heterocycles. The number of carbonyl (C=O) groups excluding carboxylic acids is 1. The maximum absolute atomic E-state index is 12.3. The Hall–Kier alpha value is -0.780. The third-order valence-corrected chi connectivity index (χ3v) is 3.31. The average Bonchev–Trinajstić information content (AvgIpc) is 2.75. The summed E-state index contributed by atoms with van der Waals surface area (Å²) in [5, 5.41) is 2.90. The van der Waals surface area contributed by atoms with Crippen molar-refractivity contribution in [1.82, 2.24) is 10.2 Å². The summed E-state index contributed by atoms with van der Waals surface area (Å²) in [6.45, 7) is -1.09. The van der Waals surface area contributed by atoms with Crippen LogP contribution in [0.1, 0.15) is 25.7 Å². The van der Waals surface area contributed by atoms with E-state index in [1.165, 1.54) is 0 Å². The van der Waals surface area contributed by atoms with Crippen LogP contribution in [-0.2, 0) is 4.79 Å². The molecule has 92 valence electrons. The van der Waals surface area contributed by atoms with E-state index in [1.807, 2.05) is 0 Å². The first-order valence-corrected chi connectivity index (χ1v) is 5.57. The molecular formula is C10H15F3N2O. The lowest BCUT2D eigenvalue weighted by Crippen LogP contribution is -2.46. The maximum atomic E-state index is 12.3. The highest BCUT2D eigenvalue weighted by molar-refractivity contribution is 5.80. The van der Waals surface area contributed by atoms with Crippen molar-refractivity contribution in [3.63, 3.8) is 0 Å². The Bertz CT molecular complexity index is 274. The molecule has 1 unspecified atom stereocenters. The Morgan fingerprint density at radius 3 is 2.50 bits per heavy atom. The fourth-order valence-corrected chi connectivity index (χ4v) is 2.63. The Morgan fingerprint density at radius 1 is 1.31 bits per heavy atom. The van der Waals surface area contributed by atoms with Crippen LogP contribution in [0.3, 0.4) is 0 Å². The highest BCUT2D eigenvalue weighted by Gasteiger charge is 2.42. The van der Waals surface area contributed by atoms with Crippen molar-refractivity contribution in [2.24, 2.45) is 5.92 Å². The predicted octanol–water partition coefficient (Wildman–Crippen LogP) is 1.50. The van der Waals surface area contributed by atoms with Crippen molar-refractivity contribution < 1.29 is 18.0 Å². The summed E-state index contributed by atoms with van der Waals surface area (Å²) in [5.74, 6) is -0.247. The first kappa shape index (κ1) is 11.7. The van der Waals surface area contributed by atoms with Gasteiger partial charge in [0.05, 0.1) is 12.7 Å². The third-order valence-electron chi connectivity index (χ3n) is 3.31. The van der Waals surface area contributed by atoms with Crippen molar-refractivity contribution in [3.8, 4) is 0 Å². The molecule has 2 aliphatic rings. The van der Waals surface area contributed by atoms with Crippen LogP contribution in [-0.4, -0.2) is 36.2 Å². The van der Waals surface area contributed by atoms with E-state index in [-0.39, 0.29) is 12.5 Å². The minimum absolute atomic E-state index is 0.0389. The van der Waals surface area contributed by atoms with Crippen LogP contribution in [0.15, 0.2) is 0 Å². The molecule has 0 bridgehead atoms. The van der Waals surface area contributed by atoms with Gasteiger partial charge in [-0.05, 0) is 18.8 Å². The zero-order chi connectivity index (χ0) is 11.8. The van der Waals surface area contributed by atoms with Gasteiger partial charge >= 0.3 is 6.18 Å². The molecule has 16 heavy (non-hydrogen) atoms. The molecule has 1 N–H and O–H groups in total. The van der Waals surface area contributed by atoms with Crippen LogP contribution in [0.4, 0.5) is 13.2 Å². The molecule has 6 heteroatoms. The van der Waals surface area contributed by atoms with Crippen LogP contribution in [0.25, 0.3) is 0 Å². The van der Waals surface area contributed by atoms with Gasteiger partial charge in [0.15, 0.2) is 0 Å². The van der Waals surface area contributed by atoms with Crippen LogP contribution in [0.5, 0.6) is 0 Å². The monoisotopic (exact) mass is 236 g/mol. The molecule has 1 aliphatic carbocycles. The highest BCUT2D eigenvalue weighted by Crippen LogP contribution is 2.32. The molecule has 1 atom stereocenters. The molecule has 3 nitrogen and oxygen atoms in total. The minimum atomic E-state index is -4.31. The van der Waals surface area contributed by atoms with Gasteiger partial charge in [0.1, 0.15) is 6.54 Å². The molecule has 1 saturated carbocycles. The van der Waals surface area contributed by atoms with E-state index in [9.17, 15) is 18.0 Å². The molecule has 1 amide bonds. The number of nitrogens with zero attached hydrogens (tertiary/aromatic N) is 1. The Labute approximate surface area is 92.0 Å². The summed E-state index contributed by atoms with van der Waals surface area (Å²) in [6, 6.07) is 0. The molecule has 0 aromatic heterocycles. The fourth-order valence-electron chi connectivity index (χ4n) is 2.63. The molecule has 1 heterocycles. The van der Waals surface area contributed by atoms with E-state index < -0.39 is 24.8 Å². The summed E-state index contributed by atoms with van der Waals surface area (Å²) >= 11 is 0. The molecule has 0 spiro atoms. The first-order chi connectivity index (χ1) is 7.47. The topological polar surface area (TPSA) is 32.3 Å². The van der Waals surface area contributed by atoms with Gasteiger partial charge in [-0.3, -0.25) is 10.1 Å². The van der Waals surface area contributed by atoms with Gasteiger partial charge in [0, 0.05) is 0 Å². The Morgan fingerprint density at radius 2 is 1.94 bits per heavy atom. The molecule has 0 aromatic rings. The third kappa shape index (κ3) is 2.48. The molecule has 1 aliphatic heterocycles. The van der Waals surface area contributed by atoms with Gasteiger partial charge in [0.25, 0.3) is 0 Å². The Kier molecular flexibility index (Phi) is 3.10. The second-order valence-electron chi connectivity index (χ2n) is 4.51. The van der Waals surface area contributed by atoms with Crippen LogP contribution < -0.4 is 5.32 Å². The number of amides is 1. The second-order valence-corrected chi connectivity index (χ2v) is 4.51. The van der Waals surface area contributed by atoms with E-state index >= 15 is 0 Å².